The second-order valence-corrected chi connectivity index (χ2v) is 6.05. The highest BCUT2D eigenvalue weighted by Crippen LogP contribution is 2.26. The molecule has 0 radical (unpaired) electrons. The van der Waals surface area contributed by atoms with E-state index in [9.17, 15) is 4.79 Å². The topological polar surface area (TPSA) is 42.0 Å². The number of halogens is 1. The summed E-state index contributed by atoms with van der Waals surface area (Å²) in [6.07, 6.45) is 6.61. The van der Waals surface area contributed by atoms with Crippen molar-refractivity contribution in [1.29, 1.82) is 0 Å². The van der Waals surface area contributed by atoms with Crippen molar-refractivity contribution >= 4 is 29.3 Å². The van der Waals surface area contributed by atoms with Crippen LogP contribution in [0.15, 0.2) is 18.2 Å². The molecule has 0 aliphatic heterocycles. The van der Waals surface area contributed by atoms with Crippen molar-refractivity contribution in [2.75, 3.05) is 6.26 Å². The molecular weight excluding hydrogens is 268 g/mol. The van der Waals surface area contributed by atoms with E-state index < -0.39 is 0 Å². The molecule has 0 atom stereocenters. The van der Waals surface area contributed by atoms with E-state index in [2.05, 4.69) is 16.6 Å². The molecule has 1 fully saturated rings. The Bertz CT molecular complexity index is 419. The number of aromatic nitrogens is 1. The van der Waals surface area contributed by atoms with Gasteiger partial charge in [0.05, 0.1) is 0 Å². The van der Waals surface area contributed by atoms with Crippen LogP contribution in [0.2, 0.25) is 5.15 Å². The number of rotatable bonds is 3. The second-order valence-electron chi connectivity index (χ2n) is 4.53. The van der Waals surface area contributed by atoms with Crippen LogP contribution in [0.5, 0.6) is 0 Å². The summed E-state index contributed by atoms with van der Waals surface area (Å²) in [4.78, 5) is 16.0. The van der Waals surface area contributed by atoms with E-state index in [1.807, 2.05) is 11.8 Å². The highest BCUT2D eigenvalue weighted by atomic mass is 35.5. The van der Waals surface area contributed by atoms with Crippen molar-refractivity contribution in [2.45, 2.75) is 37.0 Å². The van der Waals surface area contributed by atoms with E-state index in [1.54, 1.807) is 18.2 Å². The first-order valence-corrected chi connectivity index (χ1v) is 7.82. The third kappa shape index (κ3) is 3.62. The molecule has 98 valence electrons. The zero-order chi connectivity index (χ0) is 13.0. The van der Waals surface area contributed by atoms with Gasteiger partial charge in [-0.3, -0.25) is 4.79 Å². The normalized spacial score (nSPS) is 23.7. The highest BCUT2D eigenvalue weighted by Gasteiger charge is 2.22. The lowest BCUT2D eigenvalue weighted by atomic mass is 9.95. The van der Waals surface area contributed by atoms with Crippen molar-refractivity contribution in [1.82, 2.24) is 10.3 Å². The number of pyridine rings is 1. The molecule has 1 aliphatic rings. The fourth-order valence-electron chi connectivity index (χ4n) is 2.24. The third-order valence-corrected chi connectivity index (χ3v) is 4.64. The Morgan fingerprint density at radius 1 is 1.39 bits per heavy atom. The van der Waals surface area contributed by atoms with Gasteiger partial charge >= 0.3 is 0 Å². The van der Waals surface area contributed by atoms with Gasteiger partial charge < -0.3 is 5.32 Å². The summed E-state index contributed by atoms with van der Waals surface area (Å²) in [7, 11) is 0. The first-order chi connectivity index (χ1) is 8.69. The number of amides is 1. The van der Waals surface area contributed by atoms with Gasteiger partial charge in [-0.25, -0.2) is 4.98 Å². The number of thioether (sulfide) groups is 1. The standard InChI is InChI=1S/C13H17ClN2OS/c1-18-10-7-5-9(6-8-10)15-13(17)11-3-2-4-12(14)16-11/h2-4,9-10H,5-8H2,1H3,(H,15,17). The number of carbonyl (C=O) groups is 1. The number of hydrogen-bond acceptors (Lipinski definition) is 3. The van der Waals surface area contributed by atoms with E-state index in [1.165, 1.54) is 12.8 Å². The molecule has 1 aromatic rings. The molecule has 0 bridgehead atoms. The van der Waals surface area contributed by atoms with Gasteiger partial charge in [0.15, 0.2) is 0 Å². The van der Waals surface area contributed by atoms with Crippen LogP contribution in [0.25, 0.3) is 0 Å². The molecule has 18 heavy (non-hydrogen) atoms. The van der Waals surface area contributed by atoms with Gasteiger partial charge in [0, 0.05) is 11.3 Å². The molecule has 3 nitrogen and oxygen atoms in total. The van der Waals surface area contributed by atoms with Crippen LogP contribution in [-0.4, -0.2) is 28.4 Å². The molecular formula is C13H17ClN2OS. The van der Waals surface area contributed by atoms with Crippen molar-refractivity contribution in [3.63, 3.8) is 0 Å². The van der Waals surface area contributed by atoms with Gasteiger partial charge in [0.2, 0.25) is 0 Å². The maximum atomic E-state index is 12.0. The predicted molar refractivity (Wildman–Crippen MR) is 76.3 cm³/mol. The molecule has 5 heteroatoms. The first-order valence-electron chi connectivity index (χ1n) is 6.15. The van der Waals surface area contributed by atoms with Crippen LogP contribution < -0.4 is 5.32 Å². The van der Waals surface area contributed by atoms with E-state index in [-0.39, 0.29) is 11.9 Å². The van der Waals surface area contributed by atoms with Crippen molar-refractivity contribution < 1.29 is 4.79 Å². The van der Waals surface area contributed by atoms with Crippen LogP contribution in [0.4, 0.5) is 0 Å². The van der Waals surface area contributed by atoms with Gasteiger partial charge in [0.1, 0.15) is 10.8 Å². The molecule has 1 saturated carbocycles. The van der Waals surface area contributed by atoms with E-state index >= 15 is 0 Å². The molecule has 1 amide bonds. The molecule has 0 spiro atoms. The van der Waals surface area contributed by atoms with E-state index in [0.29, 0.717) is 10.8 Å². The maximum Gasteiger partial charge on any atom is 0.270 e. The summed E-state index contributed by atoms with van der Waals surface area (Å²) in [5.74, 6) is -0.120. The van der Waals surface area contributed by atoms with Crippen molar-refractivity contribution in [2.24, 2.45) is 0 Å². The maximum absolute atomic E-state index is 12.0. The van der Waals surface area contributed by atoms with Gasteiger partial charge in [-0.05, 0) is 44.1 Å². The van der Waals surface area contributed by atoms with Gasteiger partial charge in [0.25, 0.3) is 5.91 Å². The Balaban J connectivity index is 1.89. The zero-order valence-electron chi connectivity index (χ0n) is 10.4. The first kappa shape index (κ1) is 13.7. The SMILES string of the molecule is CSC1CCC(NC(=O)c2cccc(Cl)n2)CC1. The minimum absolute atomic E-state index is 0.120. The lowest BCUT2D eigenvalue weighted by Crippen LogP contribution is -2.38. The van der Waals surface area contributed by atoms with Crippen LogP contribution in [-0.2, 0) is 0 Å². The van der Waals surface area contributed by atoms with Crippen molar-refractivity contribution in [3.8, 4) is 0 Å². The predicted octanol–water partition coefficient (Wildman–Crippen LogP) is 3.14. The zero-order valence-corrected chi connectivity index (χ0v) is 11.9. The second kappa shape index (κ2) is 6.43. The molecule has 1 aliphatic carbocycles. The quantitative estimate of drug-likeness (QED) is 0.867. The molecule has 1 heterocycles. The number of carbonyl (C=O) groups excluding carboxylic acids is 1. The molecule has 1 aromatic heterocycles. The fourth-order valence-corrected chi connectivity index (χ4v) is 3.14. The molecule has 2 rings (SSSR count). The Labute approximate surface area is 117 Å². The summed E-state index contributed by atoms with van der Waals surface area (Å²) in [6, 6.07) is 5.38. The summed E-state index contributed by atoms with van der Waals surface area (Å²) in [5, 5.41) is 4.15. The number of hydrogen-bond donors (Lipinski definition) is 1. The average Bonchev–Trinajstić information content (AvgIpc) is 2.39. The van der Waals surface area contributed by atoms with Gasteiger partial charge in [-0.1, -0.05) is 17.7 Å². The number of nitrogens with one attached hydrogen (secondary N) is 1. The summed E-state index contributed by atoms with van der Waals surface area (Å²) in [5.41, 5.74) is 0.398. The largest absolute Gasteiger partial charge is 0.348 e. The van der Waals surface area contributed by atoms with Crippen LogP contribution >= 0.6 is 23.4 Å². The van der Waals surface area contributed by atoms with Crippen LogP contribution in [0.1, 0.15) is 36.2 Å². The Morgan fingerprint density at radius 3 is 2.72 bits per heavy atom. The van der Waals surface area contributed by atoms with Gasteiger partial charge in [-0.2, -0.15) is 11.8 Å². The molecule has 1 N–H and O–H groups in total. The summed E-state index contributed by atoms with van der Waals surface area (Å²) in [6.45, 7) is 0. The third-order valence-electron chi connectivity index (χ3n) is 3.29. The average molecular weight is 285 g/mol. The van der Waals surface area contributed by atoms with Crippen molar-refractivity contribution in [3.05, 3.63) is 29.0 Å². The molecule has 0 saturated heterocycles. The van der Waals surface area contributed by atoms with Crippen LogP contribution in [0.3, 0.4) is 0 Å². The Morgan fingerprint density at radius 2 is 2.11 bits per heavy atom. The Hall–Kier alpha value is -0.740. The van der Waals surface area contributed by atoms with Gasteiger partial charge in [-0.15, -0.1) is 0 Å². The molecule has 0 aromatic carbocycles. The highest BCUT2D eigenvalue weighted by molar-refractivity contribution is 7.99. The Kier molecular flexibility index (Phi) is 4.89. The fraction of sp³-hybridized carbons (Fsp3) is 0.538. The summed E-state index contributed by atoms with van der Waals surface area (Å²) >= 11 is 7.70. The van der Waals surface area contributed by atoms with Crippen LogP contribution in [0, 0.1) is 0 Å². The minimum atomic E-state index is -0.120. The monoisotopic (exact) mass is 284 g/mol. The van der Waals surface area contributed by atoms with E-state index in [4.69, 9.17) is 11.6 Å². The van der Waals surface area contributed by atoms with E-state index in [0.717, 1.165) is 18.1 Å². The smallest absolute Gasteiger partial charge is 0.270 e. The minimum Gasteiger partial charge on any atom is -0.348 e. The lowest BCUT2D eigenvalue weighted by Gasteiger charge is -2.27. The lowest BCUT2D eigenvalue weighted by molar-refractivity contribution is 0.0923. The summed E-state index contributed by atoms with van der Waals surface area (Å²) < 4.78 is 0. The molecule has 0 unspecified atom stereocenters. The number of nitrogens with zero attached hydrogens (tertiary/aromatic N) is 1.